The highest BCUT2D eigenvalue weighted by molar-refractivity contribution is 6.64. The van der Waals surface area contributed by atoms with E-state index < -0.39 is 0 Å². The van der Waals surface area contributed by atoms with Crippen molar-refractivity contribution in [2.45, 2.75) is 66.2 Å². The molecule has 0 amide bonds. The van der Waals surface area contributed by atoms with Crippen molar-refractivity contribution >= 4 is 16.8 Å². The topological polar surface area (TPSA) is 17.1 Å². The molecule has 4 saturated carbocycles. The summed E-state index contributed by atoms with van der Waals surface area (Å²) in [6, 6.07) is 0. The molecule has 0 radical (unpaired) electrons. The van der Waals surface area contributed by atoms with Gasteiger partial charge in [-0.1, -0.05) is 27.7 Å². The normalized spacial score (nSPS) is 50.6. The van der Waals surface area contributed by atoms with Gasteiger partial charge in [-0.15, -0.1) is 0 Å². The zero-order valence-electron chi connectivity index (χ0n) is 12.1. The maximum Gasteiger partial charge on any atom is 0.227 e. The molecule has 0 saturated heterocycles. The highest BCUT2D eigenvalue weighted by Gasteiger charge is 2.65. The fourth-order valence-electron chi connectivity index (χ4n) is 6.35. The number of carbonyl (C=O) groups is 1. The third-order valence-electron chi connectivity index (χ3n) is 6.44. The number of halogens is 1. The summed E-state index contributed by atoms with van der Waals surface area (Å²) in [4.78, 5) is 12.0. The van der Waals surface area contributed by atoms with Crippen molar-refractivity contribution in [1.82, 2.24) is 0 Å². The van der Waals surface area contributed by atoms with Gasteiger partial charge in [0.1, 0.15) is 0 Å². The van der Waals surface area contributed by atoms with Crippen LogP contribution in [0.2, 0.25) is 0 Å². The van der Waals surface area contributed by atoms with Crippen molar-refractivity contribution in [3.8, 4) is 0 Å². The van der Waals surface area contributed by atoms with Crippen LogP contribution in [0.15, 0.2) is 0 Å². The predicted octanol–water partition coefficient (Wildman–Crippen LogP) is 4.77. The first-order valence-corrected chi connectivity index (χ1v) is 7.68. The van der Waals surface area contributed by atoms with Crippen LogP contribution in [0.25, 0.3) is 0 Å². The van der Waals surface area contributed by atoms with Crippen molar-refractivity contribution in [1.29, 1.82) is 0 Å². The lowest BCUT2D eigenvalue weighted by atomic mass is 9.36. The quantitative estimate of drug-likeness (QED) is 0.659. The SMILES string of the molecule is CC12CC3CC(C)(C1)CC(C(C)(C)C(=O)Cl)(C3)C2. The van der Waals surface area contributed by atoms with E-state index in [1.54, 1.807) is 0 Å². The Balaban J connectivity index is 2.06. The second kappa shape index (κ2) is 3.34. The largest absolute Gasteiger partial charge is 0.281 e. The fourth-order valence-corrected chi connectivity index (χ4v) is 6.55. The summed E-state index contributed by atoms with van der Waals surface area (Å²) in [7, 11) is 0. The maximum absolute atomic E-state index is 12.0. The van der Waals surface area contributed by atoms with Gasteiger partial charge in [0.25, 0.3) is 0 Å². The molecule has 4 aliphatic carbocycles. The summed E-state index contributed by atoms with van der Waals surface area (Å²) in [5.41, 5.74) is 0.709. The molecule has 0 aromatic heterocycles. The Morgan fingerprint density at radius 2 is 1.56 bits per heavy atom. The van der Waals surface area contributed by atoms with Crippen molar-refractivity contribution in [2.24, 2.45) is 27.6 Å². The summed E-state index contributed by atoms with van der Waals surface area (Å²) in [5.74, 6) is 0.826. The molecule has 4 fully saturated rings. The smallest absolute Gasteiger partial charge is 0.227 e. The minimum Gasteiger partial charge on any atom is -0.281 e. The van der Waals surface area contributed by atoms with Gasteiger partial charge in [-0.05, 0) is 72.3 Å². The van der Waals surface area contributed by atoms with E-state index in [9.17, 15) is 4.79 Å². The third-order valence-corrected chi connectivity index (χ3v) is 6.92. The molecule has 0 aromatic carbocycles. The first-order valence-electron chi connectivity index (χ1n) is 7.30. The number of rotatable bonds is 2. The molecule has 2 unspecified atom stereocenters. The summed E-state index contributed by atoms with van der Waals surface area (Å²) >= 11 is 5.96. The van der Waals surface area contributed by atoms with Gasteiger partial charge in [0, 0.05) is 5.41 Å². The first-order chi connectivity index (χ1) is 8.10. The zero-order chi connectivity index (χ0) is 13.4. The molecule has 18 heavy (non-hydrogen) atoms. The van der Waals surface area contributed by atoms with E-state index >= 15 is 0 Å². The highest BCUT2D eigenvalue weighted by atomic mass is 35.5. The Morgan fingerprint density at radius 1 is 1.06 bits per heavy atom. The van der Waals surface area contributed by atoms with Crippen LogP contribution in [0, 0.1) is 27.6 Å². The molecule has 0 heterocycles. The molecule has 102 valence electrons. The van der Waals surface area contributed by atoms with Gasteiger partial charge < -0.3 is 0 Å². The summed E-state index contributed by atoms with van der Waals surface area (Å²) < 4.78 is 0. The van der Waals surface area contributed by atoms with Crippen LogP contribution >= 0.6 is 11.6 Å². The van der Waals surface area contributed by atoms with E-state index in [-0.39, 0.29) is 16.1 Å². The standard InChI is InChI=1S/C16H25ClO/c1-13(2,12(17)18)16-7-11-5-14(3,9-16)8-15(4,6-11)10-16/h11H,5-10H2,1-4H3. The summed E-state index contributed by atoms with van der Waals surface area (Å²) in [6.45, 7) is 9.06. The van der Waals surface area contributed by atoms with E-state index in [1.807, 2.05) is 0 Å². The Morgan fingerprint density at radius 3 is 1.94 bits per heavy atom. The molecule has 0 aliphatic heterocycles. The minimum absolute atomic E-state index is 0.128. The Hall–Kier alpha value is -0.0400. The van der Waals surface area contributed by atoms with Gasteiger partial charge >= 0.3 is 0 Å². The predicted molar refractivity (Wildman–Crippen MR) is 74.5 cm³/mol. The number of hydrogen-bond donors (Lipinski definition) is 0. The Kier molecular flexibility index (Phi) is 2.41. The van der Waals surface area contributed by atoms with Crippen LogP contribution in [0.4, 0.5) is 0 Å². The Bertz CT molecular complexity index is 393. The highest BCUT2D eigenvalue weighted by Crippen LogP contribution is 2.73. The lowest BCUT2D eigenvalue weighted by Gasteiger charge is -2.68. The minimum atomic E-state index is -0.364. The first kappa shape index (κ1) is 13.0. The van der Waals surface area contributed by atoms with E-state index in [1.165, 1.54) is 38.5 Å². The molecule has 0 spiro atoms. The van der Waals surface area contributed by atoms with Gasteiger partial charge in [-0.3, -0.25) is 4.79 Å². The molecule has 0 aromatic rings. The molecular formula is C16H25ClO. The molecular weight excluding hydrogens is 244 g/mol. The molecule has 0 N–H and O–H groups in total. The van der Waals surface area contributed by atoms with Gasteiger partial charge in [-0.2, -0.15) is 0 Å². The molecule has 4 aliphatic rings. The van der Waals surface area contributed by atoms with Crippen LogP contribution in [0.1, 0.15) is 66.2 Å². The monoisotopic (exact) mass is 268 g/mol. The molecule has 1 nitrogen and oxygen atoms in total. The maximum atomic E-state index is 12.0. The second-order valence-electron chi connectivity index (χ2n) is 8.81. The van der Waals surface area contributed by atoms with E-state index in [4.69, 9.17) is 11.6 Å². The molecule has 4 rings (SSSR count). The molecule has 2 atom stereocenters. The van der Waals surface area contributed by atoms with E-state index in [0.29, 0.717) is 10.8 Å². The van der Waals surface area contributed by atoms with Crippen molar-refractivity contribution in [3.63, 3.8) is 0 Å². The van der Waals surface area contributed by atoms with Crippen LogP contribution in [-0.2, 0) is 4.79 Å². The lowest BCUT2D eigenvalue weighted by molar-refractivity contribution is -0.188. The second-order valence-corrected chi connectivity index (χ2v) is 9.15. The molecule has 2 heteroatoms. The van der Waals surface area contributed by atoms with Gasteiger partial charge in [0.2, 0.25) is 5.24 Å². The molecule has 4 bridgehead atoms. The number of carbonyl (C=O) groups excluding carboxylic acids is 1. The van der Waals surface area contributed by atoms with Crippen LogP contribution in [0.5, 0.6) is 0 Å². The van der Waals surface area contributed by atoms with Gasteiger partial charge in [0.05, 0.1) is 0 Å². The van der Waals surface area contributed by atoms with Crippen LogP contribution in [-0.4, -0.2) is 5.24 Å². The Labute approximate surface area is 116 Å². The number of hydrogen-bond acceptors (Lipinski definition) is 1. The zero-order valence-corrected chi connectivity index (χ0v) is 12.9. The lowest BCUT2D eigenvalue weighted by Crippen LogP contribution is -2.60. The van der Waals surface area contributed by atoms with Crippen molar-refractivity contribution < 1.29 is 4.79 Å². The average molecular weight is 269 g/mol. The van der Waals surface area contributed by atoms with Crippen molar-refractivity contribution in [2.75, 3.05) is 0 Å². The third kappa shape index (κ3) is 1.55. The van der Waals surface area contributed by atoms with Crippen LogP contribution in [0.3, 0.4) is 0 Å². The van der Waals surface area contributed by atoms with Crippen molar-refractivity contribution in [3.05, 3.63) is 0 Å². The average Bonchev–Trinajstić information content (AvgIpc) is 2.10. The fraction of sp³-hybridized carbons (Fsp3) is 0.938. The summed E-state index contributed by atoms with van der Waals surface area (Å²) in [6.07, 6.45) is 7.73. The van der Waals surface area contributed by atoms with E-state index in [0.717, 1.165) is 5.92 Å². The van der Waals surface area contributed by atoms with Gasteiger partial charge in [-0.25, -0.2) is 0 Å². The van der Waals surface area contributed by atoms with Gasteiger partial charge in [0.15, 0.2) is 0 Å². The van der Waals surface area contributed by atoms with Crippen LogP contribution < -0.4 is 0 Å². The van der Waals surface area contributed by atoms with E-state index in [2.05, 4.69) is 27.7 Å². The summed E-state index contributed by atoms with van der Waals surface area (Å²) in [5, 5.41) is -0.128.